The first-order chi connectivity index (χ1) is 12.8. The summed E-state index contributed by atoms with van der Waals surface area (Å²) >= 11 is 0. The van der Waals surface area contributed by atoms with E-state index in [1.807, 2.05) is 48.5 Å². The van der Waals surface area contributed by atoms with Gasteiger partial charge in [0, 0.05) is 0 Å². The van der Waals surface area contributed by atoms with Crippen molar-refractivity contribution in [3.8, 4) is 11.4 Å². The Labute approximate surface area is 148 Å². The van der Waals surface area contributed by atoms with Crippen molar-refractivity contribution < 1.29 is 4.74 Å². The van der Waals surface area contributed by atoms with E-state index in [2.05, 4.69) is 20.5 Å². The number of ether oxygens (including phenoxy) is 1. The molecule has 4 aromatic rings. The Morgan fingerprint density at radius 3 is 2.77 bits per heavy atom. The number of fused-ring (bicyclic) bond motifs is 1. The van der Waals surface area contributed by atoms with Crippen molar-refractivity contribution in [2.45, 2.75) is 0 Å². The normalized spacial score (nSPS) is 11.3. The van der Waals surface area contributed by atoms with Crippen LogP contribution in [0.4, 0.5) is 0 Å². The highest BCUT2D eigenvalue weighted by Crippen LogP contribution is 2.13. The molecule has 0 saturated heterocycles. The van der Waals surface area contributed by atoms with E-state index in [9.17, 15) is 4.79 Å². The standard InChI is InChI=1S/C18H14N6O2/c1-26-15-9-5-6-13(10-15)11-20-24-18(25)16-12-19-23(17(16)21-22-24)14-7-3-2-4-8-14/h2-12H,1H3/b20-11-. The lowest BCUT2D eigenvalue weighted by Gasteiger charge is -2.02. The van der Waals surface area contributed by atoms with Gasteiger partial charge in [0.25, 0.3) is 0 Å². The average molecular weight is 346 g/mol. The molecule has 2 aromatic heterocycles. The molecule has 0 atom stereocenters. The molecule has 0 radical (unpaired) electrons. The van der Waals surface area contributed by atoms with Crippen molar-refractivity contribution in [1.29, 1.82) is 0 Å². The predicted molar refractivity (Wildman–Crippen MR) is 96.9 cm³/mol. The van der Waals surface area contributed by atoms with Crippen LogP contribution in [-0.2, 0) is 0 Å². The second kappa shape index (κ2) is 6.60. The Kier molecular flexibility index (Phi) is 3.98. The number of nitrogens with zero attached hydrogens (tertiary/aromatic N) is 6. The maximum Gasteiger partial charge on any atom is 0.302 e. The quantitative estimate of drug-likeness (QED) is 0.527. The molecular formula is C18H14N6O2. The lowest BCUT2D eigenvalue weighted by Crippen LogP contribution is -2.21. The molecule has 8 heteroatoms. The summed E-state index contributed by atoms with van der Waals surface area (Å²) in [6.45, 7) is 0. The number of hydrogen-bond acceptors (Lipinski definition) is 6. The van der Waals surface area contributed by atoms with Crippen molar-refractivity contribution in [2.75, 3.05) is 7.11 Å². The Morgan fingerprint density at radius 2 is 1.96 bits per heavy atom. The number of para-hydroxylation sites is 1. The third kappa shape index (κ3) is 2.84. The highest BCUT2D eigenvalue weighted by atomic mass is 16.5. The molecule has 128 valence electrons. The fraction of sp³-hybridized carbons (Fsp3) is 0.0556. The number of aromatic nitrogens is 5. The van der Waals surface area contributed by atoms with Crippen LogP contribution in [0, 0.1) is 0 Å². The molecule has 2 aromatic carbocycles. The minimum atomic E-state index is -0.392. The van der Waals surface area contributed by atoms with Crippen LogP contribution < -0.4 is 10.3 Å². The van der Waals surface area contributed by atoms with Gasteiger partial charge in [-0.05, 0) is 35.0 Å². The number of rotatable bonds is 4. The van der Waals surface area contributed by atoms with Gasteiger partial charge in [0.1, 0.15) is 11.1 Å². The van der Waals surface area contributed by atoms with E-state index in [1.165, 1.54) is 12.4 Å². The maximum absolute atomic E-state index is 12.6. The van der Waals surface area contributed by atoms with Crippen LogP contribution in [0.3, 0.4) is 0 Å². The Balaban J connectivity index is 1.73. The second-order valence-electron chi connectivity index (χ2n) is 5.43. The monoisotopic (exact) mass is 346 g/mol. The van der Waals surface area contributed by atoms with E-state index in [0.717, 1.165) is 16.0 Å². The first-order valence-corrected chi connectivity index (χ1v) is 7.84. The van der Waals surface area contributed by atoms with E-state index in [0.29, 0.717) is 16.8 Å². The number of hydrogen-bond donors (Lipinski definition) is 0. The smallest absolute Gasteiger partial charge is 0.302 e. The Bertz CT molecular complexity index is 1150. The first kappa shape index (κ1) is 15.7. The number of benzene rings is 2. The summed E-state index contributed by atoms with van der Waals surface area (Å²) in [6.07, 6.45) is 2.99. The topological polar surface area (TPSA) is 87.2 Å². The van der Waals surface area contributed by atoms with Gasteiger partial charge in [-0.2, -0.15) is 10.2 Å². The SMILES string of the molecule is COc1cccc(/C=N\n2nnc3c(cnn3-c3ccccc3)c2=O)c1. The molecule has 0 amide bonds. The molecule has 0 unspecified atom stereocenters. The fourth-order valence-electron chi connectivity index (χ4n) is 2.50. The fourth-order valence-corrected chi connectivity index (χ4v) is 2.50. The van der Waals surface area contributed by atoms with Gasteiger partial charge in [0.2, 0.25) is 0 Å². The van der Waals surface area contributed by atoms with Gasteiger partial charge in [-0.25, -0.2) is 4.68 Å². The van der Waals surface area contributed by atoms with Gasteiger partial charge in [-0.3, -0.25) is 4.79 Å². The molecule has 0 fully saturated rings. The summed E-state index contributed by atoms with van der Waals surface area (Å²) in [5, 5.41) is 16.7. The molecule has 4 rings (SSSR count). The zero-order chi connectivity index (χ0) is 17.9. The summed E-state index contributed by atoms with van der Waals surface area (Å²) in [7, 11) is 1.59. The summed E-state index contributed by atoms with van der Waals surface area (Å²) in [6, 6.07) is 16.7. The van der Waals surface area contributed by atoms with Crippen molar-refractivity contribution in [2.24, 2.45) is 5.10 Å². The van der Waals surface area contributed by atoms with E-state index in [4.69, 9.17) is 4.74 Å². The molecule has 0 N–H and O–H groups in total. The van der Waals surface area contributed by atoms with Crippen LogP contribution in [0.15, 0.2) is 70.7 Å². The van der Waals surface area contributed by atoms with Crippen LogP contribution in [0.2, 0.25) is 0 Å². The van der Waals surface area contributed by atoms with Crippen molar-refractivity contribution in [3.05, 3.63) is 76.7 Å². The van der Waals surface area contributed by atoms with Crippen molar-refractivity contribution in [1.82, 2.24) is 24.9 Å². The van der Waals surface area contributed by atoms with Crippen LogP contribution in [0.5, 0.6) is 5.75 Å². The van der Waals surface area contributed by atoms with Gasteiger partial charge in [0.05, 0.1) is 25.2 Å². The van der Waals surface area contributed by atoms with Crippen LogP contribution in [-0.4, -0.2) is 38.2 Å². The molecule has 0 aliphatic carbocycles. The largest absolute Gasteiger partial charge is 0.497 e. The van der Waals surface area contributed by atoms with E-state index >= 15 is 0 Å². The second-order valence-corrected chi connectivity index (χ2v) is 5.43. The summed E-state index contributed by atoms with van der Waals surface area (Å²) in [5.74, 6) is 0.701. The lowest BCUT2D eigenvalue weighted by atomic mass is 10.2. The highest BCUT2D eigenvalue weighted by molar-refractivity contribution is 5.80. The van der Waals surface area contributed by atoms with Crippen molar-refractivity contribution in [3.63, 3.8) is 0 Å². The van der Waals surface area contributed by atoms with Gasteiger partial charge in [-0.1, -0.05) is 35.1 Å². The zero-order valence-electron chi connectivity index (χ0n) is 13.9. The third-order valence-corrected chi connectivity index (χ3v) is 3.79. The van der Waals surface area contributed by atoms with E-state index in [-0.39, 0.29) is 0 Å². The third-order valence-electron chi connectivity index (χ3n) is 3.79. The minimum absolute atomic E-state index is 0.339. The van der Waals surface area contributed by atoms with Gasteiger partial charge >= 0.3 is 5.56 Å². The Morgan fingerprint density at radius 1 is 1.12 bits per heavy atom. The van der Waals surface area contributed by atoms with Gasteiger partial charge in [-0.15, -0.1) is 5.10 Å². The molecule has 0 aliphatic heterocycles. The summed E-state index contributed by atoms with van der Waals surface area (Å²) < 4.78 is 6.73. The molecule has 26 heavy (non-hydrogen) atoms. The average Bonchev–Trinajstić information content (AvgIpc) is 3.13. The predicted octanol–water partition coefficient (Wildman–Crippen LogP) is 1.87. The van der Waals surface area contributed by atoms with Gasteiger partial charge < -0.3 is 4.74 Å². The van der Waals surface area contributed by atoms with Crippen LogP contribution >= 0.6 is 0 Å². The minimum Gasteiger partial charge on any atom is -0.497 e. The van der Waals surface area contributed by atoms with Gasteiger partial charge in [0.15, 0.2) is 5.65 Å². The molecule has 0 bridgehead atoms. The molecule has 0 saturated carbocycles. The Hall–Kier alpha value is -3.81. The molecule has 2 heterocycles. The summed E-state index contributed by atoms with van der Waals surface area (Å²) in [5.41, 5.74) is 1.57. The molecule has 0 aliphatic rings. The first-order valence-electron chi connectivity index (χ1n) is 7.84. The van der Waals surface area contributed by atoms with E-state index in [1.54, 1.807) is 17.9 Å². The number of methoxy groups -OCH3 is 1. The molecular weight excluding hydrogens is 332 g/mol. The van der Waals surface area contributed by atoms with Crippen LogP contribution in [0.1, 0.15) is 5.56 Å². The molecule has 8 nitrogen and oxygen atoms in total. The summed E-state index contributed by atoms with van der Waals surface area (Å²) in [4.78, 5) is 13.5. The van der Waals surface area contributed by atoms with Crippen molar-refractivity contribution >= 4 is 17.2 Å². The van der Waals surface area contributed by atoms with Crippen LogP contribution in [0.25, 0.3) is 16.7 Å². The maximum atomic E-state index is 12.6. The highest BCUT2D eigenvalue weighted by Gasteiger charge is 2.12. The molecule has 0 spiro atoms. The lowest BCUT2D eigenvalue weighted by molar-refractivity contribution is 0.414. The van der Waals surface area contributed by atoms with E-state index < -0.39 is 5.56 Å². The zero-order valence-corrected chi connectivity index (χ0v) is 13.9.